The second-order valence-electron chi connectivity index (χ2n) is 4.12. The Morgan fingerprint density at radius 3 is 3.05 bits per heavy atom. The Morgan fingerprint density at radius 2 is 2.40 bits per heavy atom. The van der Waals surface area contributed by atoms with E-state index in [1.807, 2.05) is 0 Å². The maximum absolute atomic E-state index is 12.4. The summed E-state index contributed by atoms with van der Waals surface area (Å²) in [6.07, 6.45) is 4.30. The number of hydrogen-bond acceptors (Lipinski definition) is 4. The van der Waals surface area contributed by atoms with E-state index < -0.39 is 16.1 Å². The maximum Gasteiger partial charge on any atom is 0.243 e. The van der Waals surface area contributed by atoms with Crippen LogP contribution >= 0.6 is 11.6 Å². The van der Waals surface area contributed by atoms with Crippen molar-refractivity contribution in [3.63, 3.8) is 0 Å². The molecule has 0 radical (unpaired) electrons. The summed E-state index contributed by atoms with van der Waals surface area (Å²) in [5, 5.41) is 0.802. The van der Waals surface area contributed by atoms with Crippen molar-refractivity contribution in [2.24, 2.45) is 0 Å². The Morgan fingerprint density at radius 1 is 1.65 bits per heavy atom. The highest BCUT2D eigenvalue weighted by atomic mass is 35.5. The molecular formula is C12H14ClN3O3S. The summed E-state index contributed by atoms with van der Waals surface area (Å²) in [4.78, 5) is 6.91. The Hall–Kier alpha value is -1.41. The van der Waals surface area contributed by atoms with Crippen molar-refractivity contribution >= 4 is 32.7 Å². The Bertz CT molecular complexity index is 727. The molecule has 0 spiro atoms. The molecule has 0 aliphatic rings. The molecule has 2 N–H and O–H groups in total. The van der Waals surface area contributed by atoms with Gasteiger partial charge in [-0.3, -0.25) is 0 Å². The summed E-state index contributed by atoms with van der Waals surface area (Å²) < 4.78 is 32.1. The number of methoxy groups -OCH3 is 1. The molecule has 0 saturated carbocycles. The zero-order valence-corrected chi connectivity index (χ0v) is 12.3. The highest BCUT2D eigenvalue weighted by Gasteiger charge is 2.22. The molecule has 2 rings (SSSR count). The summed E-state index contributed by atoms with van der Waals surface area (Å²) in [5.74, 6) is 0. The highest BCUT2D eigenvalue weighted by Crippen LogP contribution is 2.24. The molecule has 2 aromatic rings. The van der Waals surface area contributed by atoms with Gasteiger partial charge in [-0.2, -0.15) is 0 Å². The lowest BCUT2D eigenvalue weighted by molar-refractivity contribution is 0.187. The number of fused-ring (bicyclic) bond motifs is 1. The SMILES string of the molecule is C=CC(COC)NS(=O)(=O)c1c[nH]c2ncc(Cl)cc12. The van der Waals surface area contributed by atoms with Crippen molar-refractivity contribution in [2.45, 2.75) is 10.9 Å². The van der Waals surface area contributed by atoms with Crippen LogP contribution in [0.1, 0.15) is 0 Å². The van der Waals surface area contributed by atoms with Gasteiger partial charge < -0.3 is 9.72 Å². The van der Waals surface area contributed by atoms with Gasteiger partial charge in [0, 0.05) is 24.9 Å². The highest BCUT2D eigenvalue weighted by molar-refractivity contribution is 7.89. The summed E-state index contributed by atoms with van der Waals surface area (Å²) in [5.41, 5.74) is 0.455. The third kappa shape index (κ3) is 3.01. The summed E-state index contributed by atoms with van der Waals surface area (Å²) in [6, 6.07) is 1.04. The number of hydrogen-bond donors (Lipinski definition) is 2. The molecule has 0 bridgehead atoms. The second-order valence-corrected chi connectivity index (χ2v) is 6.24. The average Bonchev–Trinajstić information content (AvgIpc) is 2.81. The number of H-pyrrole nitrogens is 1. The number of halogens is 1. The van der Waals surface area contributed by atoms with E-state index in [9.17, 15) is 8.42 Å². The first-order chi connectivity index (χ1) is 9.47. The largest absolute Gasteiger partial charge is 0.383 e. The van der Waals surface area contributed by atoms with Crippen LogP contribution in [0.15, 0.2) is 36.0 Å². The van der Waals surface area contributed by atoms with E-state index in [1.165, 1.54) is 25.6 Å². The molecule has 0 amide bonds. The number of rotatable bonds is 6. The summed E-state index contributed by atoms with van der Waals surface area (Å²) >= 11 is 5.85. The molecule has 8 heteroatoms. The van der Waals surface area contributed by atoms with Gasteiger partial charge in [0.2, 0.25) is 10.0 Å². The normalized spacial score (nSPS) is 13.5. The number of pyridine rings is 1. The molecular weight excluding hydrogens is 302 g/mol. The first-order valence-electron chi connectivity index (χ1n) is 5.74. The average molecular weight is 316 g/mol. The van der Waals surface area contributed by atoms with E-state index in [0.717, 1.165) is 0 Å². The first-order valence-corrected chi connectivity index (χ1v) is 7.60. The third-order valence-electron chi connectivity index (χ3n) is 2.69. The van der Waals surface area contributed by atoms with E-state index in [1.54, 1.807) is 6.07 Å². The van der Waals surface area contributed by atoms with Crippen molar-refractivity contribution in [2.75, 3.05) is 13.7 Å². The fraction of sp³-hybridized carbons (Fsp3) is 0.250. The number of aromatic nitrogens is 2. The zero-order chi connectivity index (χ0) is 14.8. The molecule has 0 saturated heterocycles. The van der Waals surface area contributed by atoms with E-state index in [4.69, 9.17) is 16.3 Å². The lowest BCUT2D eigenvalue weighted by Crippen LogP contribution is -2.36. The molecule has 2 heterocycles. The van der Waals surface area contributed by atoms with Crippen LogP contribution in [-0.4, -0.2) is 38.1 Å². The van der Waals surface area contributed by atoms with Crippen LogP contribution in [0, 0.1) is 0 Å². The van der Waals surface area contributed by atoms with Gasteiger partial charge in [0.15, 0.2) is 0 Å². The zero-order valence-electron chi connectivity index (χ0n) is 10.8. The molecule has 20 heavy (non-hydrogen) atoms. The van der Waals surface area contributed by atoms with E-state index >= 15 is 0 Å². The minimum Gasteiger partial charge on any atom is -0.383 e. The molecule has 1 unspecified atom stereocenters. The van der Waals surface area contributed by atoms with Crippen molar-refractivity contribution in [3.8, 4) is 0 Å². The van der Waals surface area contributed by atoms with Crippen molar-refractivity contribution in [1.29, 1.82) is 0 Å². The van der Waals surface area contributed by atoms with Crippen LogP contribution in [0.4, 0.5) is 0 Å². The van der Waals surface area contributed by atoms with Gasteiger partial charge >= 0.3 is 0 Å². The smallest absolute Gasteiger partial charge is 0.243 e. The summed E-state index contributed by atoms with van der Waals surface area (Å²) in [6.45, 7) is 3.77. The predicted octanol–water partition coefficient (Wildman–Crippen LogP) is 1.70. The van der Waals surface area contributed by atoms with E-state index in [0.29, 0.717) is 16.1 Å². The fourth-order valence-electron chi connectivity index (χ4n) is 1.77. The van der Waals surface area contributed by atoms with Crippen LogP contribution in [0.5, 0.6) is 0 Å². The number of sulfonamides is 1. The first kappa shape index (κ1) is 15.0. The van der Waals surface area contributed by atoms with Crippen molar-refractivity contribution in [3.05, 3.63) is 36.1 Å². The molecule has 0 aliphatic carbocycles. The quantitative estimate of drug-likeness (QED) is 0.795. The lowest BCUT2D eigenvalue weighted by atomic mass is 10.3. The molecule has 0 aliphatic heterocycles. The number of nitrogens with zero attached hydrogens (tertiary/aromatic N) is 1. The van der Waals surface area contributed by atoms with Crippen LogP contribution in [-0.2, 0) is 14.8 Å². The van der Waals surface area contributed by atoms with Crippen LogP contribution in [0.3, 0.4) is 0 Å². The minimum absolute atomic E-state index is 0.0884. The lowest BCUT2D eigenvalue weighted by Gasteiger charge is -2.13. The molecule has 0 aromatic carbocycles. The van der Waals surface area contributed by atoms with Crippen LogP contribution in [0.2, 0.25) is 5.02 Å². The number of aromatic amines is 1. The molecule has 6 nitrogen and oxygen atoms in total. The predicted molar refractivity (Wildman–Crippen MR) is 77.3 cm³/mol. The fourth-order valence-corrected chi connectivity index (χ4v) is 3.28. The minimum atomic E-state index is -3.72. The second kappa shape index (κ2) is 5.92. The molecule has 108 valence electrons. The monoisotopic (exact) mass is 315 g/mol. The number of nitrogens with one attached hydrogen (secondary N) is 2. The van der Waals surface area contributed by atoms with Crippen LogP contribution < -0.4 is 4.72 Å². The van der Waals surface area contributed by atoms with Gasteiger partial charge in [-0.1, -0.05) is 17.7 Å². The van der Waals surface area contributed by atoms with Gasteiger partial charge in [0.25, 0.3) is 0 Å². The standard InChI is InChI=1S/C12H14ClN3O3S/c1-3-9(7-19-2)16-20(17,18)11-6-15-12-10(11)4-8(13)5-14-12/h3-6,9,16H,1,7H2,2H3,(H,14,15). The molecule has 2 aromatic heterocycles. The Labute approximate surface area is 121 Å². The van der Waals surface area contributed by atoms with Gasteiger partial charge in [-0.15, -0.1) is 6.58 Å². The van der Waals surface area contributed by atoms with Gasteiger partial charge in [0.1, 0.15) is 10.5 Å². The summed E-state index contributed by atoms with van der Waals surface area (Å²) in [7, 11) is -2.24. The van der Waals surface area contributed by atoms with Crippen molar-refractivity contribution < 1.29 is 13.2 Å². The van der Waals surface area contributed by atoms with E-state index in [2.05, 4.69) is 21.3 Å². The topological polar surface area (TPSA) is 84.1 Å². The van der Waals surface area contributed by atoms with Crippen LogP contribution in [0.25, 0.3) is 11.0 Å². The van der Waals surface area contributed by atoms with Crippen molar-refractivity contribution in [1.82, 2.24) is 14.7 Å². The Kier molecular flexibility index (Phi) is 4.44. The van der Waals surface area contributed by atoms with Gasteiger partial charge in [-0.25, -0.2) is 18.1 Å². The third-order valence-corrected chi connectivity index (χ3v) is 4.42. The Balaban J connectivity index is 2.41. The van der Waals surface area contributed by atoms with Gasteiger partial charge in [0.05, 0.1) is 17.7 Å². The van der Waals surface area contributed by atoms with E-state index in [-0.39, 0.29) is 11.5 Å². The number of ether oxygens (including phenoxy) is 1. The molecule has 1 atom stereocenters. The molecule has 0 fully saturated rings. The van der Waals surface area contributed by atoms with Gasteiger partial charge in [-0.05, 0) is 6.07 Å². The maximum atomic E-state index is 12.4.